The van der Waals surface area contributed by atoms with Gasteiger partial charge in [-0.25, -0.2) is 10.4 Å². The van der Waals surface area contributed by atoms with Crippen LogP contribution in [-0.4, -0.2) is 28.8 Å². The van der Waals surface area contributed by atoms with Gasteiger partial charge in [0.1, 0.15) is 17.2 Å². The van der Waals surface area contributed by atoms with Crippen LogP contribution in [0.25, 0.3) is 10.2 Å². The van der Waals surface area contributed by atoms with E-state index in [-0.39, 0.29) is 17.1 Å². The summed E-state index contributed by atoms with van der Waals surface area (Å²) in [5, 5.41) is 24.0. The Labute approximate surface area is 231 Å². The monoisotopic (exact) mass is 552 g/mol. The van der Waals surface area contributed by atoms with Crippen molar-refractivity contribution in [2.75, 3.05) is 7.11 Å². The minimum atomic E-state index is -0.577. The zero-order valence-corrected chi connectivity index (χ0v) is 21.7. The van der Waals surface area contributed by atoms with E-state index in [0.717, 1.165) is 10.2 Å². The number of nitro benzene ring substituents is 1. The number of nitrogens with zero attached hydrogens (tertiary/aromatic N) is 5. The van der Waals surface area contributed by atoms with Gasteiger partial charge in [0, 0.05) is 23.3 Å². The fourth-order valence-corrected chi connectivity index (χ4v) is 4.34. The molecule has 0 unspecified atom stereocenters. The summed E-state index contributed by atoms with van der Waals surface area (Å²) >= 11 is 1.32. The number of hydrogen-bond donors (Lipinski definition) is 1. The van der Waals surface area contributed by atoms with Crippen molar-refractivity contribution in [3.05, 3.63) is 118 Å². The highest BCUT2D eigenvalue weighted by molar-refractivity contribution is 7.21. The minimum Gasteiger partial charge on any atom is -0.497 e. The Morgan fingerprint density at radius 3 is 2.42 bits per heavy atom. The molecular weight excluding hydrogens is 532 g/mol. The number of nitro groups is 1. The van der Waals surface area contributed by atoms with Crippen molar-refractivity contribution in [3.8, 4) is 17.2 Å². The van der Waals surface area contributed by atoms with E-state index >= 15 is 0 Å². The molecule has 1 heterocycles. The van der Waals surface area contributed by atoms with Crippen molar-refractivity contribution in [1.29, 1.82) is 0 Å². The first-order valence-electron chi connectivity index (χ1n) is 11.8. The Morgan fingerprint density at radius 2 is 1.68 bits per heavy atom. The highest BCUT2D eigenvalue weighted by Crippen LogP contribution is 2.31. The molecule has 12 heteroatoms. The number of carbonyl (C=O) groups excluding carboxylic acids is 1. The summed E-state index contributed by atoms with van der Waals surface area (Å²) in [6.07, 6.45) is 0. The second-order valence-corrected chi connectivity index (χ2v) is 9.16. The Kier molecular flexibility index (Phi) is 7.79. The SMILES string of the molecule is COc1ccc2nc(N=N/C(=N/NC(=O)c3ccc([N+](=O)[O-])cc3)c3cccc(Oc4ccccc4)c3)sc2c1. The molecule has 198 valence electrons. The average molecular weight is 553 g/mol. The molecular formula is C28H20N6O5S. The summed E-state index contributed by atoms with van der Waals surface area (Å²) in [4.78, 5) is 27.6. The Balaban J connectivity index is 1.44. The number of fused-ring (bicyclic) bond motifs is 1. The molecule has 0 saturated carbocycles. The van der Waals surface area contributed by atoms with E-state index in [1.807, 2.05) is 48.5 Å². The number of nitrogens with one attached hydrogen (secondary N) is 1. The molecule has 0 bridgehead atoms. The summed E-state index contributed by atoms with van der Waals surface area (Å²) in [5.41, 5.74) is 3.76. The van der Waals surface area contributed by atoms with Gasteiger partial charge in [-0.05, 0) is 54.6 Å². The number of para-hydroxylation sites is 1. The number of aromatic nitrogens is 1. The van der Waals surface area contributed by atoms with E-state index in [1.165, 1.54) is 35.6 Å². The van der Waals surface area contributed by atoms with Crippen molar-refractivity contribution in [2.45, 2.75) is 0 Å². The molecule has 0 aliphatic carbocycles. The summed E-state index contributed by atoms with van der Waals surface area (Å²) in [5.74, 6) is 1.39. The van der Waals surface area contributed by atoms with Crippen LogP contribution < -0.4 is 14.9 Å². The van der Waals surface area contributed by atoms with Crippen molar-refractivity contribution in [3.63, 3.8) is 0 Å². The van der Waals surface area contributed by atoms with Gasteiger partial charge < -0.3 is 9.47 Å². The molecule has 11 nitrogen and oxygen atoms in total. The molecule has 40 heavy (non-hydrogen) atoms. The van der Waals surface area contributed by atoms with Crippen LogP contribution >= 0.6 is 11.3 Å². The number of rotatable bonds is 8. The largest absolute Gasteiger partial charge is 0.497 e. The molecule has 0 radical (unpaired) electrons. The first-order valence-corrected chi connectivity index (χ1v) is 12.6. The molecule has 1 amide bonds. The number of benzene rings is 4. The molecule has 0 fully saturated rings. The second kappa shape index (κ2) is 11.9. The number of amidine groups is 1. The van der Waals surface area contributed by atoms with Crippen molar-refractivity contribution in [1.82, 2.24) is 10.4 Å². The number of hydrogen-bond acceptors (Lipinski definition) is 9. The number of hydrazone groups is 1. The van der Waals surface area contributed by atoms with Gasteiger partial charge in [0.2, 0.25) is 11.0 Å². The van der Waals surface area contributed by atoms with Crippen molar-refractivity contribution < 1.29 is 19.2 Å². The molecule has 5 rings (SSSR count). The molecule has 0 saturated heterocycles. The van der Waals surface area contributed by atoms with Gasteiger partial charge in [-0.15, -0.1) is 15.3 Å². The summed E-state index contributed by atoms with van der Waals surface area (Å²) in [7, 11) is 1.59. The van der Waals surface area contributed by atoms with E-state index in [0.29, 0.717) is 27.9 Å². The number of azo groups is 1. The third kappa shape index (κ3) is 6.31. The maximum absolute atomic E-state index is 12.7. The fraction of sp³-hybridized carbons (Fsp3) is 0.0357. The average Bonchev–Trinajstić information content (AvgIpc) is 3.40. The van der Waals surface area contributed by atoms with Gasteiger partial charge in [0.05, 0.1) is 22.2 Å². The van der Waals surface area contributed by atoms with E-state index in [2.05, 4.69) is 25.7 Å². The molecule has 1 aromatic heterocycles. The molecule has 0 atom stereocenters. The topological polar surface area (TPSA) is 141 Å². The van der Waals surface area contributed by atoms with Gasteiger partial charge in [-0.3, -0.25) is 14.9 Å². The highest BCUT2D eigenvalue weighted by atomic mass is 32.1. The first-order chi connectivity index (χ1) is 19.5. The number of carbonyl (C=O) groups is 1. The molecule has 5 aromatic rings. The number of thiazole rings is 1. The van der Waals surface area contributed by atoms with Gasteiger partial charge in [-0.1, -0.05) is 41.7 Å². The lowest BCUT2D eigenvalue weighted by molar-refractivity contribution is -0.384. The van der Waals surface area contributed by atoms with Gasteiger partial charge in [-0.2, -0.15) is 0 Å². The van der Waals surface area contributed by atoms with E-state index < -0.39 is 10.8 Å². The quantitative estimate of drug-likeness (QED) is 0.0731. The lowest BCUT2D eigenvalue weighted by Crippen LogP contribution is -2.19. The van der Waals surface area contributed by atoms with Crippen LogP contribution in [-0.2, 0) is 0 Å². The Bertz CT molecular complexity index is 1740. The van der Waals surface area contributed by atoms with Crippen LogP contribution in [0, 0.1) is 10.1 Å². The number of amides is 1. The van der Waals surface area contributed by atoms with Crippen molar-refractivity contribution >= 4 is 44.1 Å². The van der Waals surface area contributed by atoms with Gasteiger partial charge >= 0.3 is 0 Å². The third-order valence-electron chi connectivity index (χ3n) is 5.49. The highest BCUT2D eigenvalue weighted by Gasteiger charge is 2.12. The number of ether oxygens (including phenoxy) is 2. The predicted octanol–water partition coefficient (Wildman–Crippen LogP) is 6.88. The molecule has 0 aliphatic heterocycles. The van der Waals surface area contributed by atoms with Crippen LogP contribution in [0.15, 0.2) is 112 Å². The predicted molar refractivity (Wildman–Crippen MR) is 151 cm³/mol. The zero-order chi connectivity index (χ0) is 27.9. The van der Waals surface area contributed by atoms with E-state index in [9.17, 15) is 14.9 Å². The van der Waals surface area contributed by atoms with E-state index in [1.54, 1.807) is 31.4 Å². The van der Waals surface area contributed by atoms with Crippen molar-refractivity contribution in [2.24, 2.45) is 15.3 Å². The van der Waals surface area contributed by atoms with Crippen LogP contribution in [0.4, 0.5) is 10.8 Å². The minimum absolute atomic E-state index is 0.0885. The van der Waals surface area contributed by atoms with Crippen LogP contribution in [0.3, 0.4) is 0 Å². The van der Waals surface area contributed by atoms with Crippen LogP contribution in [0.1, 0.15) is 15.9 Å². The van der Waals surface area contributed by atoms with E-state index in [4.69, 9.17) is 9.47 Å². The summed E-state index contributed by atoms with van der Waals surface area (Å²) < 4.78 is 12.1. The maximum atomic E-state index is 12.7. The maximum Gasteiger partial charge on any atom is 0.271 e. The van der Waals surface area contributed by atoms with Gasteiger partial charge in [0.15, 0.2) is 0 Å². The third-order valence-corrected chi connectivity index (χ3v) is 6.39. The fourth-order valence-electron chi connectivity index (χ4n) is 3.52. The van der Waals surface area contributed by atoms with Crippen LogP contribution in [0.2, 0.25) is 0 Å². The normalized spacial score (nSPS) is 11.5. The summed E-state index contributed by atoms with van der Waals surface area (Å²) in [6, 6.07) is 26.9. The Morgan fingerprint density at radius 1 is 0.900 bits per heavy atom. The molecule has 1 N–H and O–H groups in total. The standard InChI is InChI=1S/C28H20N6O5S/c1-38-22-14-15-24-25(17-22)40-28(29-24)33-31-26(30-32-27(35)18-10-12-20(13-11-18)34(36)37)19-6-5-9-23(16-19)39-21-7-3-2-4-8-21/h2-17H,1H3,(H,32,35)/b30-26+,33-31?. The molecule has 0 spiro atoms. The smallest absolute Gasteiger partial charge is 0.271 e. The molecule has 0 aliphatic rings. The lowest BCUT2D eigenvalue weighted by atomic mass is 10.2. The lowest BCUT2D eigenvalue weighted by Gasteiger charge is -2.07. The first kappa shape index (κ1) is 26.1. The second-order valence-electron chi connectivity index (χ2n) is 8.15. The van der Waals surface area contributed by atoms with Gasteiger partial charge in [0.25, 0.3) is 11.6 Å². The summed E-state index contributed by atoms with van der Waals surface area (Å²) in [6.45, 7) is 0. The molecule has 4 aromatic carbocycles. The zero-order valence-electron chi connectivity index (χ0n) is 20.9. The number of non-ortho nitro benzene ring substituents is 1. The Hall–Kier alpha value is -5.49. The van der Waals surface area contributed by atoms with Crippen LogP contribution in [0.5, 0.6) is 17.2 Å². The number of methoxy groups -OCH3 is 1.